The quantitative estimate of drug-likeness (QED) is 0.823. The predicted octanol–water partition coefficient (Wildman–Crippen LogP) is 2.40. The van der Waals surface area contributed by atoms with Crippen molar-refractivity contribution in [3.8, 4) is 0 Å². The molecule has 0 aromatic carbocycles. The molecule has 1 saturated heterocycles. The zero-order valence-corrected chi connectivity index (χ0v) is 13.3. The summed E-state index contributed by atoms with van der Waals surface area (Å²) in [5.41, 5.74) is 13.0. The molecule has 1 aliphatic heterocycles. The summed E-state index contributed by atoms with van der Waals surface area (Å²) in [5.74, 6) is 1.16. The van der Waals surface area contributed by atoms with Crippen molar-refractivity contribution in [3.63, 3.8) is 0 Å². The molecule has 20 heavy (non-hydrogen) atoms. The first-order valence-electron chi connectivity index (χ1n) is 7.25. The van der Waals surface area contributed by atoms with E-state index in [0.29, 0.717) is 11.7 Å². The second-order valence-corrected chi connectivity index (χ2v) is 7.19. The minimum Gasteiger partial charge on any atom is -0.383 e. The Labute approximate surface area is 121 Å². The normalized spacial score (nSPS) is 26.1. The first-order chi connectivity index (χ1) is 9.13. The van der Waals surface area contributed by atoms with Crippen LogP contribution in [0.3, 0.4) is 0 Å². The van der Waals surface area contributed by atoms with Gasteiger partial charge in [0.1, 0.15) is 5.82 Å². The SMILES string of the molecule is CN1C(C)(C)CCC(c2cnc(N)nc2N)CC1(C)C. The van der Waals surface area contributed by atoms with E-state index in [1.807, 2.05) is 0 Å². The number of hydrogen-bond donors (Lipinski definition) is 2. The molecule has 0 saturated carbocycles. The van der Waals surface area contributed by atoms with Crippen LogP contribution in [0.5, 0.6) is 0 Å². The number of anilines is 2. The molecule has 0 spiro atoms. The molecule has 5 nitrogen and oxygen atoms in total. The van der Waals surface area contributed by atoms with Gasteiger partial charge in [-0.2, -0.15) is 4.98 Å². The molecule has 0 amide bonds. The van der Waals surface area contributed by atoms with E-state index in [-0.39, 0.29) is 17.0 Å². The van der Waals surface area contributed by atoms with Crippen LogP contribution < -0.4 is 11.5 Å². The highest BCUT2D eigenvalue weighted by molar-refractivity contribution is 5.44. The molecule has 5 heteroatoms. The molecule has 0 aliphatic carbocycles. The van der Waals surface area contributed by atoms with Gasteiger partial charge in [-0.1, -0.05) is 0 Å². The predicted molar refractivity (Wildman–Crippen MR) is 83.4 cm³/mol. The van der Waals surface area contributed by atoms with Crippen molar-refractivity contribution in [2.45, 2.75) is 64.0 Å². The van der Waals surface area contributed by atoms with Crippen LogP contribution in [-0.2, 0) is 0 Å². The van der Waals surface area contributed by atoms with Crippen LogP contribution in [0.1, 0.15) is 58.4 Å². The number of rotatable bonds is 1. The van der Waals surface area contributed by atoms with Crippen LogP contribution in [0.25, 0.3) is 0 Å². The van der Waals surface area contributed by atoms with Crippen LogP contribution >= 0.6 is 0 Å². The van der Waals surface area contributed by atoms with Crippen LogP contribution in [-0.4, -0.2) is 33.0 Å². The average Bonchev–Trinajstić information content (AvgIpc) is 2.40. The van der Waals surface area contributed by atoms with E-state index in [0.717, 1.165) is 24.8 Å². The zero-order chi connectivity index (χ0) is 15.1. The Morgan fingerprint density at radius 3 is 2.45 bits per heavy atom. The maximum Gasteiger partial charge on any atom is 0.221 e. The molecule has 4 N–H and O–H groups in total. The van der Waals surface area contributed by atoms with Gasteiger partial charge in [-0.3, -0.25) is 4.90 Å². The maximum atomic E-state index is 6.05. The van der Waals surface area contributed by atoms with Crippen molar-refractivity contribution in [3.05, 3.63) is 11.8 Å². The van der Waals surface area contributed by atoms with E-state index in [2.05, 4.69) is 49.6 Å². The summed E-state index contributed by atoms with van der Waals surface area (Å²) in [6.07, 6.45) is 5.07. The van der Waals surface area contributed by atoms with Crippen LogP contribution in [0.4, 0.5) is 11.8 Å². The summed E-state index contributed by atoms with van der Waals surface area (Å²) in [4.78, 5) is 10.7. The summed E-state index contributed by atoms with van der Waals surface area (Å²) in [6.45, 7) is 9.20. The molecule has 112 valence electrons. The topological polar surface area (TPSA) is 81.1 Å². The van der Waals surface area contributed by atoms with Crippen molar-refractivity contribution in [2.75, 3.05) is 18.5 Å². The van der Waals surface area contributed by atoms with Crippen molar-refractivity contribution < 1.29 is 0 Å². The first kappa shape index (κ1) is 15.0. The lowest BCUT2D eigenvalue weighted by molar-refractivity contribution is 0.0484. The Hall–Kier alpha value is -1.36. The summed E-state index contributed by atoms with van der Waals surface area (Å²) in [6, 6.07) is 0. The fourth-order valence-electron chi connectivity index (χ4n) is 3.36. The van der Waals surface area contributed by atoms with Gasteiger partial charge in [-0.25, -0.2) is 4.98 Å². The smallest absolute Gasteiger partial charge is 0.221 e. The van der Waals surface area contributed by atoms with Crippen LogP contribution in [0.2, 0.25) is 0 Å². The lowest BCUT2D eigenvalue weighted by Crippen LogP contribution is -2.51. The van der Waals surface area contributed by atoms with Gasteiger partial charge >= 0.3 is 0 Å². The zero-order valence-electron chi connectivity index (χ0n) is 13.3. The molecule has 2 heterocycles. The Balaban J connectivity index is 2.34. The lowest BCUT2D eigenvalue weighted by Gasteiger charge is -2.45. The number of likely N-dealkylation sites (tertiary alicyclic amines) is 1. The fourth-order valence-corrected chi connectivity index (χ4v) is 3.36. The number of nitrogens with zero attached hydrogens (tertiary/aromatic N) is 3. The van der Waals surface area contributed by atoms with Crippen molar-refractivity contribution in [1.29, 1.82) is 0 Å². The lowest BCUT2D eigenvalue weighted by atomic mass is 9.85. The molecular formula is C15H27N5. The number of aromatic nitrogens is 2. The van der Waals surface area contributed by atoms with Crippen LogP contribution in [0, 0.1) is 0 Å². The molecule has 1 unspecified atom stereocenters. The van der Waals surface area contributed by atoms with Gasteiger partial charge in [0.05, 0.1) is 0 Å². The van der Waals surface area contributed by atoms with E-state index in [1.165, 1.54) is 0 Å². The third kappa shape index (κ3) is 2.73. The third-order valence-electron chi connectivity index (χ3n) is 4.97. The van der Waals surface area contributed by atoms with Crippen molar-refractivity contribution >= 4 is 11.8 Å². The maximum absolute atomic E-state index is 6.05. The van der Waals surface area contributed by atoms with Crippen molar-refractivity contribution in [1.82, 2.24) is 14.9 Å². The largest absolute Gasteiger partial charge is 0.383 e. The molecule has 1 fully saturated rings. The standard InChI is InChI=1S/C15H27N5/c1-14(2)7-6-10(8-15(3,4)20(14)5)11-9-18-13(17)19-12(11)16/h9-10H,6-8H2,1-5H3,(H4,16,17,18,19). The van der Waals surface area contributed by atoms with E-state index in [4.69, 9.17) is 11.5 Å². The Bertz CT molecular complexity index is 495. The fraction of sp³-hybridized carbons (Fsp3) is 0.733. The second-order valence-electron chi connectivity index (χ2n) is 7.19. The molecule has 0 radical (unpaired) electrons. The van der Waals surface area contributed by atoms with Gasteiger partial charge in [-0.15, -0.1) is 0 Å². The highest BCUT2D eigenvalue weighted by Crippen LogP contribution is 2.42. The molecule has 1 aliphatic rings. The minimum atomic E-state index is 0.110. The molecule has 1 aromatic heterocycles. The van der Waals surface area contributed by atoms with Crippen molar-refractivity contribution in [2.24, 2.45) is 0 Å². The molecule has 0 bridgehead atoms. The molecule has 1 atom stereocenters. The summed E-state index contributed by atoms with van der Waals surface area (Å²) in [5, 5.41) is 0. The van der Waals surface area contributed by atoms with Gasteiger partial charge in [-0.05, 0) is 59.9 Å². The molecule has 1 aromatic rings. The van der Waals surface area contributed by atoms with Gasteiger partial charge in [0.25, 0.3) is 0 Å². The third-order valence-corrected chi connectivity index (χ3v) is 4.97. The van der Waals surface area contributed by atoms with E-state index in [1.54, 1.807) is 6.20 Å². The van der Waals surface area contributed by atoms with E-state index >= 15 is 0 Å². The molecular weight excluding hydrogens is 250 g/mol. The molecule has 2 rings (SSSR count). The summed E-state index contributed by atoms with van der Waals surface area (Å²) >= 11 is 0. The first-order valence-corrected chi connectivity index (χ1v) is 7.25. The monoisotopic (exact) mass is 277 g/mol. The highest BCUT2D eigenvalue weighted by atomic mass is 15.2. The van der Waals surface area contributed by atoms with E-state index < -0.39 is 0 Å². The number of hydrogen-bond acceptors (Lipinski definition) is 5. The Kier molecular flexibility index (Phi) is 3.67. The highest BCUT2D eigenvalue weighted by Gasteiger charge is 2.40. The van der Waals surface area contributed by atoms with E-state index in [9.17, 15) is 0 Å². The van der Waals surface area contributed by atoms with Gasteiger partial charge in [0.2, 0.25) is 5.95 Å². The average molecular weight is 277 g/mol. The van der Waals surface area contributed by atoms with Gasteiger partial charge < -0.3 is 11.5 Å². The Morgan fingerprint density at radius 1 is 1.20 bits per heavy atom. The number of nitrogens with two attached hydrogens (primary N) is 2. The van der Waals surface area contributed by atoms with Gasteiger partial charge in [0.15, 0.2) is 0 Å². The Morgan fingerprint density at radius 2 is 1.85 bits per heavy atom. The minimum absolute atomic E-state index is 0.110. The summed E-state index contributed by atoms with van der Waals surface area (Å²) in [7, 11) is 2.21. The van der Waals surface area contributed by atoms with Crippen LogP contribution in [0.15, 0.2) is 6.20 Å². The number of nitrogen functional groups attached to an aromatic ring is 2. The second kappa shape index (κ2) is 4.88. The summed E-state index contributed by atoms with van der Waals surface area (Å²) < 4.78 is 0. The van der Waals surface area contributed by atoms with Gasteiger partial charge in [0, 0.05) is 22.8 Å².